The summed E-state index contributed by atoms with van der Waals surface area (Å²) >= 11 is 0. The van der Waals surface area contributed by atoms with Gasteiger partial charge in [0, 0.05) is 30.1 Å². The highest BCUT2D eigenvalue weighted by Gasteiger charge is 2.17. The van der Waals surface area contributed by atoms with E-state index in [2.05, 4.69) is 10.1 Å². The largest absolute Gasteiger partial charge is 0.481 e. The predicted molar refractivity (Wildman–Crippen MR) is 88.9 cm³/mol. The van der Waals surface area contributed by atoms with Crippen molar-refractivity contribution in [1.82, 2.24) is 19.3 Å². The maximum absolute atomic E-state index is 11.3. The van der Waals surface area contributed by atoms with Crippen molar-refractivity contribution in [3.05, 3.63) is 48.3 Å². The minimum Gasteiger partial charge on any atom is -0.481 e. The fourth-order valence-electron chi connectivity index (χ4n) is 2.91. The zero-order valence-electron chi connectivity index (χ0n) is 13.1. The lowest BCUT2D eigenvalue weighted by Gasteiger charge is -2.07. The Kier molecular flexibility index (Phi) is 3.02. The van der Waals surface area contributed by atoms with Crippen LogP contribution in [0.4, 0.5) is 0 Å². The molecule has 0 fully saturated rings. The van der Waals surface area contributed by atoms with E-state index >= 15 is 0 Å². The summed E-state index contributed by atoms with van der Waals surface area (Å²) in [5.74, 6) is -0.423. The summed E-state index contributed by atoms with van der Waals surface area (Å²) in [4.78, 5) is 15.5. The van der Waals surface area contributed by atoms with Crippen LogP contribution in [-0.2, 0) is 7.05 Å². The first-order valence-corrected chi connectivity index (χ1v) is 7.30. The van der Waals surface area contributed by atoms with Crippen molar-refractivity contribution in [3.63, 3.8) is 0 Å². The maximum Gasteiger partial charge on any atom is 0.335 e. The number of methoxy groups -OCH3 is 1. The van der Waals surface area contributed by atoms with Crippen LogP contribution in [-0.4, -0.2) is 37.5 Å². The number of carboxylic acid groups (broad SMARTS) is 1. The lowest BCUT2D eigenvalue weighted by molar-refractivity contribution is 0.0697. The Morgan fingerprint density at radius 3 is 2.71 bits per heavy atom. The number of fused-ring (bicyclic) bond motifs is 3. The summed E-state index contributed by atoms with van der Waals surface area (Å²) in [5, 5.41) is 15.5. The van der Waals surface area contributed by atoms with Crippen LogP contribution in [0.1, 0.15) is 10.4 Å². The highest BCUT2D eigenvalue weighted by atomic mass is 16.5. The monoisotopic (exact) mass is 322 g/mol. The smallest absolute Gasteiger partial charge is 0.335 e. The molecule has 0 radical (unpaired) electrons. The Balaban J connectivity index is 2.06. The number of hydrogen-bond donors (Lipinski definition) is 1. The minimum atomic E-state index is -0.951. The van der Waals surface area contributed by atoms with Crippen molar-refractivity contribution in [2.45, 2.75) is 0 Å². The van der Waals surface area contributed by atoms with Crippen molar-refractivity contribution in [1.29, 1.82) is 0 Å². The van der Waals surface area contributed by atoms with Crippen LogP contribution in [0.3, 0.4) is 0 Å². The molecule has 24 heavy (non-hydrogen) atoms. The van der Waals surface area contributed by atoms with Crippen molar-refractivity contribution in [2.24, 2.45) is 7.05 Å². The second kappa shape index (κ2) is 5.09. The second-order valence-electron chi connectivity index (χ2n) is 5.47. The third kappa shape index (κ3) is 2.02. The van der Waals surface area contributed by atoms with E-state index in [4.69, 9.17) is 4.74 Å². The molecule has 7 nitrogen and oxygen atoms in total. The Hall–Kier alpha value is -3.35. The highest BCUT2D eigenvalue weighted by Crippen LogP contribution is 2.31. The molecule has 3 heterocycles. The number of ether oxygens (including phenoxy) is 1. The van der Waals surface area contributed by atoms with Crippen LogP contribution in [0.2, 0.25) is 0 Å². The number of pyridine rings is 1. The SMILES string of the molecule is COc1ccc(-n2c3ccc(C(=O)O)cc3c3cn(C)nc32)cn1. The van der Waals surface area contributed by atoms with E-state index in [-0.39, 0.29) is 5.56 Å². The molecule has 0 unspecified atom stereocenters. The van der Waals surface area contributed by atoms with Gasteiger partial charge < -0.3 is 9.84 Å². The second-order valence-corrected chi connectivity index (χ2v) is 5.47. The van der Waals surface area contributed by atoms with Gasteiger partial charge in [-0.2, -0.15) is 5.10 Å². The number of benzene rings is 1. The first-order chi connectivity index (χ1) is 11.6. The van der Waals surface area contributed by atoms with E-state index in [1.807, 2.05) is 23.9 Å². The Bertz CT molecular complexity index is 1080. The molecule has 0 bridgehead atoms. The lowest BCUT2D eigenvalue weighted by atomic mass is 10.1. The normalized spacial score (nSPS) is 11.2. The molecule has 0 aliphatic carbocycles. The van der Waals surface area contributed by atoms with Gasteiger partial charge in [0.05, 0.1) is 30.1 Å². The van der Waals surface area contributed by atoms with E-state index in [0.717, 1.165) is 27.6 Å². The quantitative estimate of drug-likeness (QED) is 0.627. The molecule has 0 atom stereocenters. The summed E-state index contributed by atoms with van der Waals surface area (Å²) in [7, 11) is 3.40. The van der Waals surface area contributed by atoms with Crippen molar-refractivity contribution in [2.75, 3.05) is 7.11 Å². The third-order valence-corrected chi connectivity index (χ3v) is 3.98. The topological polar surface area (TPSA) is 82.2 Å². The summed E-state index contributed by atoms with van der Waals surface area (Å²) in [5.41, 5.74) is 2.71. The van der Waals surface area contributed by atoms with Gasteiger partial charge in [-0.3, -0.25) is 9.25 Å². The molecule has 1 N–H and O–H groups in total. The molecular weight excluding hydrogens is 308 g/mol. The zero-order chi connectivity index (χ0) is 16.8. The fourth-order valence-corrected chi connectivity index (χ4v) is 2.91. The van der Waals surface area contributed by atoms with E-state index in [9.17, 15) is 9.90 Å². The molecule has 4 aromatic rings. The van der Waals surface area contributed by atoms with Crippen LogP contribution in [0.5, 0.6) is 5.88 Å². The molecule has 1 aromatic carbocycles. The van der Waals surface area contributed by atoms with Crippen LogP contribution in [0, 0.1) is 0 Å². The first-order valence-electron chi connectivity index (χ1n) is 7.30. The molecule has 4 rings (SSSR count). The molecule has 3 aromatic heterocycles. The summed E-state index contributed by atoms with van der Waals surface area (Å²) in [6.07, 6.45) is 3.59. The van der Waals surface area contributed by atoms with Crippen LogP contribution in [0.15, 0.2) is 42.7 Å². The van der Waals surface area contributed by atoms with E-state index < -0.39 is 5.97 Å². The first kappa shape index (κ1) is 14.3. The molecular formula is C17H14N4O3. The molecule has 0 amide bonds. The minimum absolute atomic E-state index is 0.248. The predicted octanol–water partition coefficient (Wildman–Crippen LogP) is 2.62. The van der Waals surface area contributed by atoms with Crippen LogP contribution < -0.4 is 4.74 Å². The molecule has 0 aliphatic heterocycles. The standard InChI is InChI=1S/C17H14N4O3/c1-20-9-13-12-7-10(17(22)23)3-5-14(12)21(16(13)19-20)11-4-6-15(24-2)18-8-11/h3-9H,1-2H3,(H,22,23). The molecule has 0 aliphatic rings. The number of aromatic carboxylic acids is 1. The average molecular weight is 322 g/mol. The van der Waals surface area contributed by atoms with Gasteiger partial charge in [0.2, 0.25) is 5.88 Å². The number of nitrogens with zero attached hydrogens (tertiary/aromatic N) is 4. The van der Waals surface area contributed by atoms with Gasteiger partial charge in [0.1, 0.15) is 0 Å². The van der Waals surface area contributed by atoms with E-state index in [0.29, 0.717) is 5.88 Å². The van der Waals surface area contributed by atoms with Gasteiger partial charge in [-0.25, -0.2) is 9.78 Å². The number of aromatic nitrogens is 4. The van der Waals surface area contributed by atoms with Gasteiger partial charge in [0.15, 0.2) is 5.65 Å². The van der Waals surface area contributed by atoms with E-state index in [1.165, 1.54) is 0 Å². The summed E-state index contributed by atoms with van der Waals surface area (Å²) in [6.45, 7) is 0. The van der Waals surface area contributed by atoms with Gasteiger partial charge in [-0.1, -0.05) is 0 Å². The highest BCUT2D eigenvalue weighted by molar-refractivity contribution is 6.09. The molecule has 0 spiro atoms. The van der Waals surface area contributed by atoms with Gasteiger partial charge in [0.25, 0.3) is 0 Å². The maximum atomic E-state index is 11.3. The molecule has 120 valence electrons. The Morgan fingerprint density at radius 2 is 2.04 bits per heavy atom. The molecule has 0 saturated carbocycles. The Labute approximate surface area is 136 Å². The van der Waals surface area contributed by atoms with Gasteiger partial charge in [-0.15, -0.1) is 0 Å². The van der Waals surface area contributed by atoms with Crippen molar-refractivity contribution < 1.29 is 14.6 Å². The third-order valence-electron chi connectivity index (χ3n) is 3.98. The van der Waals surface area contributed by atoms with Crippen LogP contribution in [0.25, 0.3) is 27.6 Å². The van der Waals surface area contributed by atoms with Crippen molar-refractivity contribution in [3.8, 4) is 11.6 Å². The van der Waals surface area contributed by atoms with Gasteiger partial charge >= 0.3 is 5.97 Å². The van der Waals surface area contributed by atoms with E-state index in [1.54, 1.807) is 42.3 Å². The number of carboxylic acids is 1. The fraction of sp³-hybridized carbons (Fsp3) is 0.118. The van der Waals surface area contributed by atoms with Crippen molar-refractivity contribution >= 4 is 27.9 Å². The molecule has 7 heteroatoms. The number of rotatable bonds is 3. The van der Waals surface area contributed by atoms with Crippen LogP contribution >= 0.6 is 0 Å². The zero-order valence-corrected chi connectivity index (χ0v) is 13.1. The number of carbonyl (C=O) groups is 1. The summed E-state index contributed by atoms with van der Waals surface area (Å²) in [6, 6.07) is 8.74. The number of aryl methyl sites for hydroxylation is 1. The summed E-state index contributed by atoms with van der Waals surface area (Å²) < 4.78 is 8.78. The Morgan fingerprint density at radius 1 is 1.21 bits per heavy atom. The lowest BCUT2D eigenvalue weighted by Crippen LogP contribution is -1.99. The average Bonchev–Trinajstić information content (AvgIpc) is 3.09. The molecule has 0 saturated heterocycles. The van der Waals surface area contributed by atoms with Gasteiger partial charge in [-0.05, 0) is 24.3 Å². The number of hydrogen-bond acceptors (Lipinski definition) is 4.